The lowest BCUT2D eigenvalue weighted by Crippen LogP contribution is -2.50. The van der Waals surface area contributed by atoms with Crippen LogP contribution in [0.3, 0.4) is 0 Å². The number of rotatable bonds is 5. The van der Waals surface area contributed by atoms with Gasteiger partial charge in [-0.05, 0) is 26.7 Å². The summed E-state index contributed by atoms with van der Waals surface area (Å²) in [6.07, 6.45) is 6.41. The standard InChI is InChI=1S/C15H23N5OS/c1-12(2)20-11-17-18-14(20)22-9-13(21)19(3)15(10-16)7-5-4-6-8-15/h11-12H,4-9H2,1-3H3. The Morgan fingerprint density at radius 2 is 2.18 bits per heavy atom. The number of nitriles is 1. The molecule has 120 valence electrons. The summed E-state index contributed by atoms with van der Waals surface area (Å²) in [5.41, 5.74) is -0.623. The Hall–Kier alpha value is -1.55. The number of aromatic nitrogens is 3. The average molecular weight is 321 g/mol. The zero-order chi connectivity index (χ0) is 16.2. The lowest BCUT2D eigenvalue weighted by atomic mass is 9.81. The molecule has 0 bridgehead atoms. The van der Waals surface area contributed by atoms with E-state index < -0.39 is 5.54 Å². The van der Waals surface area contributed by atoms with E-state index in [4.69, 9.17) is 0 Å². The van der Waals surface area contributed by atoms with E-state index in [0.29, 0.717) is 0 Å². The Bertz CT molecular complexity index is 557. The molecule has 0 spiro atoms. The summed E-state index contributed by atoms with van der Waals surface area (Å²) in [6, 6.07) is 2.64. The number of amides is 1. The first kappa shape index (κ1) is 16.8. The molecule has 1 aromatic heterocycles. The highest BCUT2D eigenvalue weighted by atomic mass is 32.2. The molecule has 22 heavy (non-hydrogen) atoms. The molecule has 1 aliphatic rings. The van der Waals surface area contributed by atoms with Crippen molar-refractivity contribution in [3.63, 3.8) is 0 Å². The van der Waals surface area contributed by atoms with Crippen LogP contribution in [0, 0.1) is 11.3 Å². The lowest BCUT2D eigenvalue weighted by Gasteiger charge is -2.39. The summed E-state index contributed by atoms with van der Waals surface area (Å²) in [5, 5.41) is 18.3. The second kappa shape index (κ2) is 7.14. The minimum absolute atomic E-state index is 0.0215. The first-order valence-corrected chi connectivity index (χ1v) is 8.69. The second-order valence-electron chi connectivity index (χ2n) is 6.06. The molecule has 1 aliphatic carbocycles. The smallest absolute Gasteiger partial charge is 0.234 e. The Labute approximate surface area is 135 Å². The van der Waals surface area contributed by atoms with Crippen LogP contribution in [0.5, 0.6) is 0 Å². The number of carbonyl (C=O) groups excluding carboxylic acids is 1. The second-order valence-corrected chi connectivity index (χ2v) is 7.00. The third kappa shape index (κ3) is 3.43. The number of thioether (sulfide) groups is 1. The molecule has 1 heterocycles. The van der Waals surface area contributed by atoms with Crippen molar-refractivity contribution < 1.29 is 4.79 Å². The summed E-state index contributed by atoms with van der Waals surface area (Å²) in [7, 11) is 1.75. The molecule has 0 unspecified atom stereocenters. The third-order valence-electron chi connectivity index (χ3n) is 4.33. The van der Waals surface area contributed by atoms with Crippen LogP contribution < -0.4 is 0 Å². The van der Waals surface area contributed by atoms with Crippen molar-refractivity contribution in [2.24, 2.45) is 0 Å². The van der Waals surface area contributed by atoms with Crippen molar-refractivity contribution in [3.8, 4) is 6.07 Å². The maximum absolute atomic E-state index is 12.5. The van der Waals surface area contributed by atoms with Crippen molar-refractivity contribution in [2.75, 3.05) is 12.8 Å². The largest absolute Gasteiger partial charge is 0.326 e. The summed E-state index contributed by atoms with van der Waals surface area (Å²) in [6.45, 7) is 4.10. The molecule has 7 heteroatoms. The Morgan fingerprint density at radius 3 is 2.77 bits per heavy atom. The summed E-state index contributed by atoms with van der Waals surface area (Å²) in [5.74, 6) is 0.262. The highest BCUT2D eigenvalue weighted by molar-refractivity contribution is 7.99. The fraction of sp³-hybridized carbons (Fsp3) is 0.733. The van der Waals surface area contributed by atoms with Gasteiger partial charge in [0.05, 0.1) is 11.8 Å². The van der Waals surface area contributed by atoms with Gasteiger partial charge in [-0.25, -0.2) is 0 Å². The fourth-order valence-electron chi connectivity index (χ4n) is 2.81. The zero-order valence-electron chi connectivity index (χ0n) is 13.4. The van der Waals surface area contributed by atoms with E-state index in [0.717, 1.165) is 37.3 Å². The highest BCUT2D eigenvalue weighted by Crippen LogP contribution is 2.33. The SMILES string of the molecule is CC(C)n1cnnc1SCC(=O)N(C)C1(C#N)CCCCC1. The van der Waals surface area contributed by atoms with Crippen molar-refractivity contribution in [3.05, 3.63) is 6.33 Å². The van der Waals surface area contributed by atoms with Gasteiger partial charge in [-0.2, -0.15) is 5.26 Å². The van der Waals surface area contributed by atoms with E-state index in [1.54, 1.807) is 18.3 Å². The van der Waals surface area contributed by atoms with Gasteiger partial charge in [0.2, 0.25) is 5.91 Å². The molecule has 2 rings (SSSR count). The van der Waals surface area contributed by atoms with Crippen LogP contribution in [0.4, 0.5) is 0 Å². The van der Waals surface area contributed by atoms with Gasteiger partial charge in [0, 0.05) is 13.1 Å². The van der Waals surface area contributed by atoms with Crippen LogP contribution in [0.25, 0.3) is 0 Å². The molecule has 0 atom stereocenters. The van der Waals surface area contributed by atoms with Crippen LogP contribution in [0.1, 0.15) is 52.0 Å². The number of carbonyl (C=O) groups is 1. The van der Waals surface area contributed by atoms with E-state index in [1.165, 1.54) is 11.8 Å². The van der Waals surface area contributed by atoms with Gasteiger partial charge in [0.15, 0.2) is 5.16 Å². The molecule has 0 saturated heterocycles. The van der Waals surface area contributed by atoms with Crippen molar-refractivity contribution >= 4 is 17.7 Å². The van der Waals surface area contributed by atoms with Crippen molar-refractivity contribution in [1.82, 2.24) is 19.7 Å². The number of nitrogens with zero attached hydrogens (tertiary/aromatic N) is 5. The summed E-state index contributed by atoms with van der Waals surface area (Å²) in [4.78, 5) is 14.1. The van der Waals surface area contributed by atoms with Gasteiger partial charge in [-0.3, -0.25) is 4.79 Å². The van der Waals surface area contributed by atoms with Gasteiger partial charge < -0.3 is 9.47 Å². The van der Waals surface area contributed by atoms with E-state index >= 15 is 0 Å². The molecule has 6 nitrogen and oxygen atoms in total. The molecular weight excluding hydrogens is 298 g/mol. The molecule has 0 aliphatic heterocycles. The molecule has 0 aromatic carbocycles. The summed E-state index contributed by atoms with van der Waals surface area (Å²) < 4.78 is 1.94. The summed E-state index contributed by atoms with van der Waals surface area (Å²) >= 11 is 1.38. The van der Waals surface area contributed by atoms with Crippen molar-refractivity contribution in [1.29, 1.82) is 5.26 Å². The quantitative estimate of drug-likeness (QED) is 0.779. The number of hydrogen-bond acceptors (Lipinski definition) is 5. The third-order valence-corrected chi connectivity index (χ3v) is 5.27. The monoisotopic (exact) mass is 321 g/mol. The van der Waals surface area contributed by atoms with Crippen molar-refractivity contribution in [2.45, 2.75) is 62.7 Å². The van der Waals surface area contributed by atoms with Gasteiger partial charge in [-0.1, -0.05) is 31.0 Å². The molecule has 1 amide bonds. The number of hydrogen-bond donors (Lipinski definition) is 0. The Morgan fingerprint density at radius 1 is 1.50 bits per heavy atom. The van der Waals surface area contributed by atoms with Gasteiger partial charge in [0.25, 0.3) is 0 Å². The average Bonchev–Trinajstić information content (AvgIpc) is 3.01. The van der Waals surface area contributed by atoms with Gasteiger partial charge in [-0.15, -0.1) is 10.2 Å². The molecule has 1 fully saturated rings. The van der Waals surface area contributed by atoms with E-state index in [2.05, 4.69) is 16.3 Å². The first-order valence-electron chi connectivity index (χ1n) is 7.70. The maximum atomic E-state index is 12.5. The van der Waals surface area contributed by atoms with E-state index in [-0.39, 0.29) is 17.7 Å². The molecule has 0 radical (unpaired) electrons. The molecule has 1 saturated carbocycles. The van der Waals surface area contributed by atoms with Crippen LogP contribution in [0.2, 0.25) is 0 Å². The predicted molar refractivity (Wildman–Crippen MR) is 85.3 cm³/mol. The van der Waals surface area contributed by atoms with Crippen LogP contribution in [-0.4, -0.2) is 43.9 Å². The van der Waals surface area contributed by atoms with Crippen LogP contribution >= 0.6 is 11.8 Å². The van der Waals surface area contributed by atoms with Crippen LogP contribution in [-0.2, 0) is 4.79 Å². The normalized spacial score (nSPS) is 17.2. The molecular formula is C15H23N5OS. The highest BCUT2D eigenvalue weighted by Gasteiger charge is 2.38. The Balaban J connectivity index is 1.99. The van der Waals surface area contributed by atoms with E-state index in [9.17, 15) is 10.1 Å². The maximum Gasteiger partial charge on any atom is 0.234 e. The first-order chi connectivity index (χ1) is 10.5. The lowest BCUT2D eigenvalue weighted by molar-refractivity contribution is -0.131. The van der Waals surface area contributed by atoms with Crippen LogP contribution in [0.15, 0.2) is 11.5 Å². The minimum Gasteiger partial charge on any atom is -0.326 e. The van der Waals surface area contributed by atoms with E-state index in [1.807, 2.05) is 18.4 Å². The molecule has 1 aromatic rings. The topological polar surface area (TPSA) is 74.8 Å². The fourth-order valence-corrected chi connectivity index (χ4v) is 3.77. The molecule has 0 N–H and O–H groups in total. The minimum atomic E-state index is -0.623. The van der Waals surface area contributed by atoms with Gasteiger partial charge >= 0.3 is 0 Å². The van der Waals surface area contributed by atoms with Gasteiger partial charge in [0.1, 0.15) is 11.9 Å². The predicted octanol–water partition coefficient (Wildman–Crippen LogP) is 2.64. The zero-order valence-corrected chi connectivity index (χ0v) is 14.3. The Kier molecular flexibility index (Phi) is 5.46.